The van der Waals surface area contributed by atoms with Crippen molar-refractivity contribution in [1.82, 2.24) is 10.6 Å². The molecule has 0 atom stereocenters. The summed E-state index contributed by atoms with van der Waals surface area (Å²) in [5.74, 6) is -0.307. The van der Waals surface area contributed by atoms with Crippen LogP contribution < -0.4 is 16.4 Å². The van der Waals surface area contributed by atoms with Gasteiger partial charge in [0, 0.05) is 36.6 Å². The maximum absolute atomic E-state index is 11.6. The quantitative estimate of drug-likeness (QED) is 0.684. The Morgan fingerprint density at radius 3 is 2.26 bits per heavy atom. The van der Waals surface area contributed by atoms with Gasteiger partial charge in [0.15, 0.2) is 0 Å². The Labute approximate surface area is 123 Å². The highest BCUT2D eigenvalue weighted by Gasteiger charge is 2.04. The summed E-state index contributed by atoms with van der Waals surface area (Å²) in [7, 11) is 0. The molecule has 0 aliphatic rings. The van der Waals surface area contributed by atoms with E-state index in [-0.39, 0.29) is 24.2 Å². The Bertz CT molecular complexity index is 410. The van der Waals surface area contributed by atoms with Crippen molar-refractivity contribution in [2.75, 3.05) is 19.6 Å². The highest BCUT2D eigenvalue weighted by Crippen LogP contribution is 2.08. The summed E-state index contributed by atoms with van der Waals surface area (Å²) in [6, 6.07) is 6.59. The van der Waals surface area contributed by atoms with Crippen molar-refractivity contribution in [3.8, 4) is 0 Å². The number of halogens is 2. The smallest absolute Gasteiger partial charge is 0.251 e. The number of amides is 2. The van der Waals surface area contributed by atoms with Crippen LogP contribution in [0.4, 0.5) is 0 Å². The van der Waals surface area contributed by atoms with Crippen LogP contribution in [-0.2, 0) is 4.79 Å². The lowest BCUT2D eigenvalue weighted by Crippen LogP contribution is -2.35. The zero-order valence-electron chi connectivity index (χ0n) is 10.3. The van der Waals surface area contributed by atoms with Gasteiger partial charge in [-0.1, -0.05) is 11.6 Å². The van der Waals surface area contributed by atoms with Crippen LogP contribution >= 0.6 is 24.0 Å². The first kappa shape index (κ1) is 17.7. The SMILES string of the molecule is Cl.NCCC(=O)NCCNC(=O)c1ccc(Cl)cc1. The number of rotatable bonds is 6. The fourth-order valence-corrected chi connectivity index (χ4v) is 1.43. The van der Waals surface area contributed by atoms with Crippen LogP contribution in [-0.4, -0.2) is 31.4 Å². The molecule has 4 N–H and O–H groups in total. The predicted octanol–water partition coefficient (Wildman–Crippen LogP) is 0.957. The van der Waals surface area contributed by atoms with Gasteiger partial charge < -0.3 is 16.4 Å². The third-order valence-electron chi connectivity index (χ3n) is 2.21. The van der Waals surface area contributed by atoms with Gasteiger partial charge in [-0.05, 0) is 24.3 Å². The van der Waals surface area contributed by atoms with Crippen molar-refractivity contribution in [2.45, 2.75) is 6.42 Å². The Hall–Kier alpha value is -1.30. The van der Waals surface area contributed by atoms with Gasteiger partial charge in [-0.3, -0.25) is 9.59 Å². The zero-order valence-corrected chi connectivity index (χ0v) is 11.9. The van der Waals surface area contributed by atoms with Crippen molar-refractivity contribution in [1.29, 1.82) is 0 Å². The Morgan fingerprint density at radius 2 is 1.68 bits per heavy atom. The molecule has 0 aromatic heterocycles. The van der Waals surface area contributed by atoms with E-state index in [1.165, 1.54) is 0 Å². The molecule has 0 unspecified atom stereocenters. The topological polar surface area (TPSA) is 84.2 Å². The van der Waals surface area contributed by atoms with Gasteiger partial charge in [-0.15, -0.1) is 12.4 Å². The zero-order chi connectivity index (χ0) is 13.4. The lowest BCUT2D eigenvalue weighted by molar-refractivity contribution is -0.120. The normalized spacial score (nSPS) is 9.37. The Balaban J connectivity index is 0.00000324. The molecule has 1 rings (SSSR count). The minimum Gasteiger partial charge on any atom is -0.354 e. The largest absolute Gasteiger partial charge is 0.354 e. The Morgan fingerprint density at radius 1 is 1.11 bits per heavy atom. The maximum Gasteiger partial charge on any atom is 0.251 e. The van der Waals surface area contributed by atoms with E-state index >= 15 is 0 Å². The molecule has 0 aliphatic heterocycles. The molecule has 0 heterocycles. The molecule has 0 spiro atoms. The van der Waals surface area contributed by atoms with Crippen LogP contribution in [0.15, 0.2) is 24.3 Å². The lowest BCUT2D eigenvalue weighted by Gasteiger charge is -2.06. The number of benzene rings is 1. The molecule has 0 aliphatic carbocycles. The molecule has 1 aromatic carbocycles. The molecule has 2 amide bonds. The molecule has 7 heteroatoms. The van der Waals surface area contributed by atoms with E-state index in [4.69, 9.17) is 17.3 Å². The van der Waals surface area contributed by atoms with E-state index in [0.717, 1.165) is 0 Å². The first-order chi connectivity index (χ1) is 8.63. The average molecular weight is 306 g/mol. The van der Waals surface area contributed by atoms with E-state index in [9.17, 15) is 9.59 Å². The highest BCUT2D eigenvalue weighted by molar-refractivity contribution is 6.30. The second kappa shape index (κ2) is 9.61. The summed E-state index contributed by atoms with van der Waals surface area (Å²) < 4.78 is 0. The van der Waals surface area contributed by atoms with Crippen LogP contribution in [0.5, 0.6) is 0 Å². The van der Waals surface area contributed by atoms with Crippen molar-refractivity contribution in [2.24, 2.45) is 5.73 Å². The van der Waals surface area contributed by atoms with Crippen LogP contribution in [0, 0.1) is 0 Å². The van der Waals surface area contributed by atoms with Gasteiger partial charge in [-0.2, -0.15) is 0 Å². The molecule has 0 saturated heterocycles. The number of nitrogens with one attached hydrogen (secondary N) is 2. The summed E-state index contributed by atoms with van der Waals surface area (Å²) >= 11 is 5.72. The van der Waals surface area contributed by atoms with Crippen LogP contribution in [0.1, 0.15) is 16.8 Å². The molecule has 0 fully saturated rings. The van der Waals surface area contributed by atoms with Crippen molar-refractivity contribution < 1.29 is 9.59 Å². The summed E-state index contributed by atoms with van der Waals surface area (Å²) in [5.41, 5.74) is 5.76. The molecule has 19 heavy (non-hydrogen) atoms. The second-order valence-corrected chi connectivity index (χ2v) is 4.09. The van der Waals surface area contributed by atoms with E-state index < -0.39 is 0 Å². The van der Waals surface area contributed by atoms with Crippen LogP contribution in [0.3, 0.4) is 0 Å². The van der Waals surface area contributed by atoms with Gasteiger partial charge in [-0.25, -0.2) is 0 Å². The number of nitrogens with two attached hydrogens (primary N) is 1. The number of carbonyl (C=O) groups is 2. The van der Waals surface area contributed by atoms with Crippen molar-refractivity contribution in [3.63, 3.8) is 0 Å². The van der Waals surface area contributed by atoms with Gasteiger partial charge in [0.2, 0.25) is 5.91 Å². The summed E-state index contributed by atoms with van der Waals surface area (Å²) in [6.45, 7) is 1.08. The summed E-state index contributed by atoms with van der Waals surface area (Å²) in [4.78, 5) is 22.7. The van der Waals surface area contributed by atoms with Gasteiger partial charge >= 0.3 is 0 Å². The van der Waals surface area contributed by atoms with Crippen LogP contribution in [0.25, 0.3) is 0 Å². The van der Waals surface area contributed by atoms with Gasteiger partial charge in [0.05, 0.1) is 0 Å². The molecule has 1 aromatic rings. The number of hydrogen-bond donors (Lipinski definition) is 3. The lowest BCUT2D eigenvalue weighted by atomic mass is 10.2. The molecule has 106 valence electrons. The maximum atomic E-state index is 11.6. The van der Waals surface area contributed by atoms with E-state index in [1.807, 2.05) is 0 Å². The van der Waals surface area contributed by atoms with E-state index in [2.05, 4.69) is 10.6 Å². The molecule has 0 saturated carbocycles. The third kappa shape index (κ3) is 7.00. The molecular weight excluding hydrogens is 289 g/mol. The molecule has 0 radical (unpaired) electrons. The minimum absolute atomic E-state index is 0. The summed E-state index contributed by atoms with van der Waals surface area (Å²) in [5, 5.41) is 5.92. The highest BCUT2D eigenvalue weighted by atomic mass is 35.5. The fourth-order valence-electron chi connectivity index (χ4n) is 1.30. The van der Waals surface area contributed by atoms with Gasteiger partial charge in [0.1, 0.15) is 0 Å². The first-order valence-corrected chi connectivity index (χ1v) is 6.02. The summed E-state index contributed by atoms with van der Waals surface area (Å²) in [6.07, 6.45) is 0.297. The minimum atomic E-state index is -0.195. The van der Waals surface area contributed by atoms with Gasteiger partial charge in [0.25, 0.3) is 5.91 Å². The first-order valence-electron chi connectivity index (χ1n) is 5.64. The van der Waals surface area contributed by atoms with E-state index in [1.54, 1.807) is 24.3 Å². The standard InChI is InChI=1S/C12H16ClN3O2.ClH/c13-10-3-1-9(2-4-10)12(18)16-8-7-15-11(17)5-6-14;/h1-4H,5-8,14H2,(H,15,17)(H,16,18);1H. The average Bonchev–Trinajstić information content (AvgIpc) is 2.35. The third-order valence-corrected chi connectivity index (χ3v) is 2.46. The van der Waals surface area contributed by atoms with Crippen LogP contribution in [0.2, 0.25) is 5.02 Å². The molecular formula is C12H17Cl2N3O2. The number of carbonyl (C=O) groups excluding carboxylic acids is 2. The number of hydrogen-bond acceptors (Lipinski definition) is 3. The second-order valence-electron chi connectivity index (χ2n) is 3.65. The van der Waals surface area contributed by atoms with Crippen molar-refractivity contribution >= 4 is 35.8 Å². The van der Waals surface area contributed by atoms with E-state index in [0.29, 0.717) is 36.6 Å². The molecule has 5 nitrogen and oxygen atoms in total. The monoisotopic (exact) mass is 305 g/mol. The van der Waals surface area contributed by atoms with Crippen molar-refractivity contribution in [3.05, 3.63) is 34.9 Å². The fraction of sp³-hybridized carbons (Fsp3) is 0.333. The predicted molar refractivity (Wildman–Crippen MR) is 77.7 cm³/mol. The Kier molecular flexibility index (Phi) is 8.95. The molecule has 0 bridgehead atoms.